The number of amides is 1. The van der Waals surface area contributed by atoms with Crippen molar-refractivity contribution < 1.29 is 14.7 Å². The lowest BCUT2D eigenvalue weighted by molar-refractivity contribution is -0.111. The zero-order valence-corrected chi connectivity index (χ0v) is 12.7. The van der Waals surface area contributed by atoms with Gasteiger partial charge in [0, 0.05) is 23.0 Å². The van der Waals surface area contributed by atoms with Crippen LogP contribution in [-0.2, 0) is 4.79 Å². The van der Waals surface area contributed by atoms with E-state index in [-0.39, 0.29) is 11.6 Å². The standard InChI is InChI=1S/C17H18N2O3/c1-10-4-6-13(7-5-10)19-15(20)9-8-14-11(2)12(3)18-16(14)17(21)22/h4-9,18H,1-3H3,(H,19,20)(H,21,22)/b9-8+. The fourth-order valence-corrected chi connectivity index (χ4v) is 2.09. The Morgan fingerprint density at radius 2 is 1.77 bits per heavy atom. The van der Waals surface area contributed by atoms with E-state index >= 15 is 0 Å². The van der Waals surface area contributed by atoms with Crippen LogP contribution in [0.25, 0.3) is 6.08 Å². The van der Waals surface area contributed by atoms with E-state index in [9.17, 15) is 9.59 Å². The Morgan fingerprint density at radius 3 is 2.36 bits per heavy atom. The van der Waals surface area contributed by atoms with E-state index in [1.807, 2.05) is 38.1 Å². The quantitative estimate of drug-likeness (QED) is 0.757. The number of H-pyrrole nitrogens is 1. The minimum Gasteiger partial charge on any atom is -0.477 e. The Hall–Kier alpha value is -2.82. The van der Waals surface area contributed by atoms with Crippen molar-refractivity contribution in [3.63, 3.8) is 0 Å². The van der Waals surface area contributed by atoms with Crippen molar-refractivity contribution >= 4 is 23.6 Å². The number of aromatic amines is 1. The van der Waals surface area contributed by atoms with Gasteiger partial charge in [-0.3, -0.25) is 4.79 Å². The second-order valence-corrected chi connectivity index (χ2v) is 5.16. The van der Waals surface area contributed by atoms with Crippen LogP contribution >= 0.6 is 0 Å². The SMILES string of the molecule is Cc1ccc(NC(=O)/C=C/c2c(C(=O)O)[nH]c(C)c2C)cc1. The van der Waals surface area contributed by atoms with Crippen LogP contribution in [0.4, 0.5) is 5.69 Å². The topological polar surface area (TPSA) is 82.2 Å². The lowest BCUT2D eigenvalue weighted by atomic mass is 10.1. The molecule has 1 aromatic heterocycles. The third-order valence-electron chi connectivity index (χ3n) is 3.48. The van der Waals surface area contributed by atoms with Crippen molar-refractivity contribution in [3.05, 3.63) is 58.4 Å². The molecular weight excluding hydrogens is 280 g/mol. The van der Waals surface area contributed by atoms with E-state index in [4.69, 9.17) is 5.11 Å². The highest BCUT2D eigenvalue weighted by molar-refractivity contribution is 6.03. The Labute approximate surface area is 128 Å². The van der Waals surface area contributed by atoms with Crippen molar-refractivity contribution in [1.82, 2.24) is 4.98 Å². The first kappa shape index (κ1) is 15.6. The number of carbonyl (C=O) groups is 2. The molecule has 0 aliphatic heterocycles. The van der Waals surface area contributed by atoms with Crippen LogP contribution in [0.3, 0.4) is 0 Å². The number of carboxylic acids is 1. The van der Waals surface area contributed by atoms with Crippen LogP contribution in [0.2, 0.25) is 0 Å². The summed E-state index contributed by atoms with van der Waals surface area (Å²) in [5.74, 6) is -1.35. The van der Waals surface area contributed by atoms with Gasteiger partial charge in [-0.25, -0.2) is 4.79 Å². The zero-order valence-electron chi connectivity index (χ0n) is 12.7. The molecule has 0 radical (unpaired) electrons. The second kappa shape index (κ2) is 6.30. The highest BCUT2D eigenvalue weighted by Gasteiger charge is 2.15. The number of rotatable bonds is 4. The zero-order chi connectivity index (χ0) is 16.3. The monoisotopic (exact) mass is 298 g/mol. The van der Waals surface area contributed by atoms with E-state index in [0.717, 1.165) is 16.8 Å². The maximum Gasteiger partial charge on any atom is 0.352 e. The highest BCUT2D eigenvalue weighted by Crippen LogP contribution is 2.19. The smallest absolute Gasteiger partial charge is 0.352 e. The molecule has 0 fully saturated rings. The predicted octanol–water partition coefficient (Wildman–Crippen LogP) is 3.29. The summed E-state index contributed by atoms with van der Waals surface area (Å²) in [6, 6.07) is 7.44. The molecule has 0 atom stereocenters. The van der Waals surface area contributed by atoms with E-state index in [0.29, 0.717) is 11.3 Å². The van der Waals surface area contributed by atoms with E-state index in [1.54, 1.807) is 6.92 Å². The molecule has 0 saturated heterocycles. The summed E-state index contributed by atoms with van der Waals surface area (Å²) in [5, 5.41) is 11.9. The molecule has 0 saturated carbocycles. The number of carbonyl (C=O) groups excluding carboxylic acids is 1. The van der Waals surface area contributed by atoms with Crippen molar-refractivity contribution in [2.75, 3.05) is 5.32 Å². The van der Waals surface area contributed by atoms with Crippen LogP contribution in [-0.4, -0.2) is 22.0 Å². The molecule has 1 heterocycles. The minimum absolute atomic E-state index is 0.0920. The number of nitrogens with one attached hydrogen (secondary N) is 2. The van der Waals surface area contributed by atoms with E-state index in [1.165, 1.54) is 12.2 Å². The summed E-state index contributed by atoms with van der Waals surface area (Å²) in [5.41, 5.74) is 4.00. The summed E-state index contributed by atoms with van der Waals surface area (Å²) >= 11 is 0. The van der Waals surface area contributed by atoms with Crippen LogP contribution < -0.4 is 5.32 Å². The number of hydrogen-bond acceptors (Lipinski definition) is 2. The normalized spacial score (nSPS) is 10.9. The van der Waals surface area contributed by atoms with Crippen molar-refractivity contribution in [2.45, 2.75) is 20.8 Å². The molecule has 2 aromatic rings. The van der Waals surface area contributed by atoms with Gasteiger partial charge in [0.05, 0.1) is 0 Å². The Balaban J connectivity index is 2.16. The van der Waals surface area contributed by atoms with Crippen molar-refractivity contribution in [1.29, 1.82) is 0 Å². The Bertz CT molecular complexity index is 740. The third kappa shape index (κ3) is 3.44. The molecule has 114 valence electrons. The maximum absolute atomic E-state index is 11.9. The summed E-state index contributed by atoms with van der Waals surface area (Å²) < 4.78 is 0. The van der Waals surface area contributed by atoms with Crippen LogP contribution in [0.15, 0.2) is 30.3 Å². The molecule has 5 nitrogen and oxygen atoms in total. The first-order chi connectivity index (χ1) is 10.4. The van der Waals surface area contributed by atoms with Crippen LogP contribution in [0.5, 0.6) is 0 Å². The number of aromatic carboxylic acids is 1. The maximum atomic E-state index is 11.9. The van der Waals surface area contributed by atoms with Crippen molar-refractivity contribution in [3.8, 4) is 0 Å². The molecule has 0 aliphatic rings. The van der Waals surface area contributed by atoms with Gasteiger partial charge in [0.2, 0.25) is 5.91 Å². The molecule has 22 heavy (non-hydrogen) atoms. The Morgan fingerprint density at radius 1 is 1.14 bits per heavy atom. The molecule has 3 N–H and O–H groups in total. The summed E-state index contributed by atoms with van der Waals surface area (Å²) in [6.07, 6.45) is 2.85. The Kier molecular flexibility index (Phi) is 4.46. The molecule has 0 unspecified atom stereocenters. The van der Waals surface area contributed by atoms with Gasteiger partial charge in [-0.1, -0.05) is 17.7 Å². The molecule has 0 spiro atoms. The summed E-state index contributed by atoms with van der Waals surface area (Å²) in [4.78, 5) is 25.9. The van der Waals surface area contributed by atoms with Gasteiger partial charge < -0.3 is 15.4 Å². The van der Waals surface area contributed by atoms with E-state index in [2.05, 4.69) is 10.3 Å². The average molecular weight is 298 g/mol. The predicted molar refractivity (Wildman–Crippen MR) is 86.1 cm³/mol. The van der Waals surface area contributed by atoms with Gasteiger partial charge in [0.15, 0.2) is 0 Å². The fraction of sp³-hybridized carbons (Fsp3) is 0.176. The molecule has 2 rings (SSSR count). The summed E-state index contributed by atoms with van der Waals surface area (Å²) in [6.45, 7) is 5.58. The van der Waals surface area contributed by atoms with Gasteiger partial charge in [0.1, 0.15) is 5.69 Å². The number of benzene rings is 1. The number of aryl methyl sites for hydroxylation is 2. The molecule has 5 heteroatoms. The van der Waals surface area contributed by atoms with Gasteiger partial charge in [-0.2, -0.15) is 0 Å². The molecule has 1 amide bonds. The number of hydrogen-bond donors (Lipinski definition) is 3. The highest BCUT2D eigenvalue weighted by atomic mass is 16.4. The fourth-order valence-electron chi connectivity index (χ4n) is 2.09. The van der Waals surface area contributed by atoms with Crippen molar-refractivity contribution in [2.24, 2.45) is 0 Å². The average Bonchev–Trinajstić information content (AvgIpc) is 2.75. The lowest BCUT2D eigenvalue weighted by Gasteiger charge is -2.02. The molecule has 0 bridgehead atoms. The molecular formula is C17H18N2O3. The van der Waals surface area contributed by atoms with Gasteiger partial charge in [-0.15, -0.1) is 0 Å². The van der Waals surface area contributed by atoms with Gasteiger partial charge >= 0.3 is 5.97 Å². The lowest BCUT2D eigenvalue weighted by Crippen LogP contribution is -2.07. The number of anilines is 1. The third-order valence-corrected chi connectivity index (χ3v) is 3.48. The first-order valence-corrected chi connectivity index (χ1v) is 6.86. The molecule has 1 aromatic carbocycles. The summed E-state index contributed by atoms with van der Waals surface area (Å²) in [7, 11) is 0. The minimum atomic E-state index is -1.05. The van der Waals surface area contributed by atoms with Gasteiger partial charge in [-0.05, 0) is 44.5 Å². The molecule has 0 aliphatic carbocycles. The second-order valence-electron chi connectivity index (χ2n) is 5.16. The van der Waals surface area contributed by atoms with Crippen LogP contribution in [0, 0.1) is 20.8 Å². The largest absolute Gasteiger partial charge is 0.477 e. The number of aromatic nitrogens is 1. The first-order valence-electron chi connectivity index (χ1n) is 6.86. The van der Waals surface area contributed by atoms with Crippen LogP contribution in [0.1, 0.15) is 32.9 Å². The van der Waals surface area contributed by atoms with Gasteiger partial charge in [0.25, 0.3) is 0 Å². The van der Waals surface area contributed by atoms with E-state index < -0.39 is 5.97 Å². The number of carboxylic acid groups (broad SMARTS) is 1.